The Labute approximate surface area is 99.5 Å². The molecule has 3 nitrogen and oxygen atoms in total. The molecule has 1 fully saturated rings. The summed E-state index contributed by atoms with van der Waals surface area (Å²) in [5, 5.41) is 9.37. The van der Waals surface area contributed by atoms with Crippen LogP contribution in [0.4, 0.5) is 4.79 Å². The van der Waals surface area contributed by atoms with Crippen LogP contribution in [-0.2, 0) is 0 Å². The fraction of sp³-hybridized carbons (Fsp3) is 0.417. The van der Waals surface area contributed by atoms with Crippen LogP contribution in [0.3, 0.4) is 0 Å². The Morgan fingerprint density at radius 3 is 2.69 bits per heavy atom. The molecule has 1 amide bonds. The molecule has 0 radical (unpaired) electrons. The molecule has 16 heavy (non-hydrogen) atoms. The molecule has 0 aromatic heterocycles. The predicted molar refractivity (Wildman–Crippen MR) is 64.9 cm³/mol. The minimum Gasteiger partial charge on any atom is -0.465 e. The van der Waals surface area contributed by atoms with Gasteiger partial charge in [0.2, 0.25) is 0 Å². The van der Waals surface area contributed by atoms with Crippen LogP contribution in [0.1, 0.15) is 13.3 Å². The van der Waals surface area contributed by atoms with Crippen LogP contribution >= 0.6 is 11.8 Å². The standard InChI is InChI=1S/C12H15NO2S/c1-9-7-11(8-13(9)12(14)15)16-10-5-3-2-4-6-10/h2-6,9,11H,7-8H2,1H3,(H,14,15)/t9-,11?/m1/s1. The van der Waals surface area contributed by atoms with E-state index in [-0.39, 0.29) is 6.04 Å². The van der Waals surface area contributed by atoms with Crippen molar-refractivity contribution in [3.63, 3.8) is 0 Å². The van der Waals surface area contributed by atoms with Crippen molar-refractivity contribution in [3.05, 3.63) is 30.3 Å². The molecular formula is C12H15NO2S. The van der Waals surface area contributed by atoms with Gasteiger partial charge in [-0.25, -0.2) is 4.79 Å². The van der Waals surface area contributed by atoms with Gasteiger partial charge < -0.3 is 10.0 Å². The van der Waals surface area contributed by atoms with Gasteiger partial charge in [-0.1, -0.05) is 18.2 Å². The number of nitrogens with zero attached hydrogens (tertiary/aromatic N) is 1. The molecule has 1 saturated heterocycles. The molecule has 1 aromatic rings. The van der Waals surface area contributed by atoms with Crippen LogP contribution in [0.25, 0.3) is 0 Å². The normalized spacial score (nSPS) is 24.7. The molecule has 1 aliphatic heterocycles. The molecule has 2 atom stereocenters. The fourth-order valence-corrected chi connectivity index (χ4v) is 3.33. The van der Waals surface area contributed by atoms with Crippen molar-refractivity contribution in [3.8, 4) is 0 Å². The maximum atomic E-state index is 10.9. The number of rotatable bonds is 2. The number of carboxylic acid groups (broad SMARTS) is 1. The number of amides is 1. The molecule has 1 aromatic carbocycles. The maximum Gasteiger partial charge on any atom is 0.407 e. The van der Waals surface area contributed by atoms with Crippen molar-refractivity contribution >= 4 is 17.9 Å². The molecule has 4 heteroatoms. The molecule has 0 spiro atoms. The van der Waals surface area contributed by atoms with Crippen molar-refractivity contribution in [2.75, 3.05) is 6.54 Å². The van der Waals surface area contributed by atoms with Crippen molar-refractivity contribution in [2.24, 2.45) is 0 Å². The third-order valence-corrected chi connectivity index (χ3v) is 4.05. The van der Waals surface area contributed by atoms with Crippen molar-refractivity contribution in [1.82, 2.24) is 4.90 Å². The van der Waals surface area contributed by atoms with Crippen LogP contribution in [0.5, 0.6) is 0 Å². The van der Waals surface area contributed by atoms with Gasteiger partial charge in [-0.3, -0.25) is 0 Å². The highest BCUT2D eigenvalue weighted by Gasteiger charge is 2.32. The monoisotopic (exact) mass is 237 g/mol. The highest BCUT2D eigenvalue weighted by molar-refractivity contribution is 8.00. The van der Waals surface area contributed by atoms with Crippen LogP contribution in [0, 0.1) is 0 Å². The average molecular weight is 237 g/mol. The Bertz CT molecular complexity index is 369. The van der Waals surface area contributed by atoms with Crippen molar-refractivity contribution < 1.29 is 9.90 Å². The lowest BCUT2D eigenvalue weighted by Gasteiger charge is -2.16. The summed E-state index contributed by atoms with van der Waals surface area (Å²) in [5.41, 5.74) is 0. The Morgan fingerprint density at radius 1 is 1.44 bits per heavy atom. The van der Waals surface area contributed by atoms with Gasteiger partial charge in [-0.15, -0.1) is 11.8 Å². The third kappa shape index (κ3) is 2.50. The van der Waals surface area contributed by atoms with Crippen molar-refractivity contribution in [2.45, 2.75) is 29.5 Å². The van der Waals surface area contributed by atoms with Crippen LogP contribution in [-0.4, -0.2) is 33.9 Å². The second kappa shape index (κ2) is 4.78. The van der Waals surface area contributed by atoms with Gasteiger partial charge in [0, 0.05) is 22.7 Å². The van der Waals surface area contributed by atoms with Gasteiger partial charge in [-0.05, 0) is 25.5 Å². The van der Waals surface area contributed by atoms with E-state index in [2.05, 4.69) is 12.1 Å². The summed E-state index contributed by atoms with van der Waals surface area (Å²) in [6, 6.07) is 10.3. The van der Waals surface area contributed by atoms with E-state index in [1.807, 2.05) is 25.1 Å². The fourth-order valence-electron chi connectivity index (χ4n) is 2.03. The molecule has 1 unspecified atom stereocenters. The second-order valence-corrected chi connectivity index (χ2v) is 5.45. The van der Waals surface area contributed by atoms with Crippen LogP contribution in [0.15, 0.2) is 35.2 Å². The van der Waals surface area contributed by atoms with Gasteiger partial charge in [0.1, 0.15) is 0 Å². The zero-order valence-corrected chi connectivity index (χ0v) is 9.98. The number of carbonyl (C=O) groups is 1. The second-order valence-electron chi connectivity index (χ2n) is 4.07. The first kappa shape index (κ1) is 11.3. The summed E-state index contributed by atoms with van der Waals surface area (Å²) >= 11 is 1.77. The van der Waals surface area contributed by atoms with Gasteiger partial charge in [0.25, 0.3) is 0 Å². The highest BCUT2D eigenvalue weighted by atomic mass is 32.2. The quantitative estimate of drug-likeness (QED) is 0.859. The summed E-state index contributed by atoms with van der Waals surface area (Å²) < 4.78 is 0. The SMILES string of the molecule is C[C@@H]1CC(Sc2ccccc2)CN1C(=O)O. The van der Waals surface area contributed by atoms with Gasteiger partial charge >= 0.3 is 6.09 Å². The molecule has 1 aliphatic rings. The molecule has 0 aliphatic carbocycles. The lowest BCUT2D eigenvalue weighted by molar-refractivity contribution is 0.143. The summed E-state index contributed by atoms with van der Waals surface area (Å²) in [6.45, 7) is 2.61. The van der Waals surface area contributed by atoms with Gasteiger partial charge in [-0.2, -0.15) is 0 Å². The van der Waals surface area contributed by atoms with Crippen molar-refractivity contribution in [1.29, 1.82) is 0 Å². The lowest BCUT2D eigenvalue weighted by atomic mass is 10.2. The number of hydrogen-bond acceptors (Lipinski definition) is 2. The minimum absolute atomic E-state index is 0.138. The summed E-state index contributed by atoms with van der Waals surface area (Å²) in [6.07, 6.45) is 0.134. The lowest BCUT2D eigenvalue weighted by Crippen LogP contribution is -2.32. The van der Waals surface area contributed by atoms with E-state index in [0.717, 1.165) is 6.42 Å². The van der Waals surface area contributed by atoms with Gasteiger partial charge in [0.05, 0.1) is 0 Å². The Morgan fingerprint density at radius 2 is 2.12 bits per heavy atom. The van der Waals surface area contributed by atoms with Crippen LogP contribution in [0.2, 0.25) is 0 Å². The van der Waals surface area contributed by atoms with Gasteiger partial charge in [0.15, 0.2) is 0 Å². The van der Waals surface area contributed by atoms with E-state index >= 15 is 0 Å². The Kier molecular flexibility index (Phi) is 3.39. The molecule has 1 heterocycles. The first-order chi connectivity index (χ1) is 7.66. The summed E-state index contributed by atoms with van der Waals surface area (Å²) in [4.78, 5) is 13.7. The Hall–Kier alpha value is -1.16. The Balaban J connectivity index is 1.96. The smallest absolute Gasteiger partial charge is 0.407 e. The predicted octanol–water partition coefficient (Wildman–Crippen LogP) is 2.92. The summed E-state index contributed by atoms with van der Waals surface area (Å²) in [7, 11) is 0. The molecule has 86 valence electrons. The number of likely N-dealkylation sites (tertiary alicyclic amines) is 1. The zero-order valence-electron chi connectivity index (χ0n) is 9.17. The van der Waals surface area contributed by atoms with E-state index in [1.54, 1.807) is 11.8 Å². The zero-order chi connectivity index (χ0) is 11.5. The first-order valence-electron chi connectivity index (χ1n) is 5.38. The molecular weight excluding hydrogens is 222 g/mol. The van der Waals surface area contributed by atoms with E-state index < -0.39 is 6.09 Å². The first-order valence-corrected chi connectivity index (χ1v) is 6.26. The molecule has 2 rings (SSSR count). The highest BCUT2D eigenvalue weighted by Crippen LogP contribution is 2.32. The van der Waals surface area contributed by atoms with Crippen LogP contribution < -0.4 is 0 Å². The largest absolute Gasteiger partial charge is 0.465 e. The third-order valence-electron chi connectivity index (χ3n) is 2.83. The number of thioether (sulfide) groups is 1. The average Bonchev–Trinajstić information content (AvgIpc) is 2.61. The maximum absolute atomic E-state index is 10.9. The number of benzene rings is 1. The van der Waals surface area contributed by atoms with E-state index in [9.17, 15) is 4.79 Å². The van der Waals surface area contributed by atoms with E-state index in [4.69, 9.17) is 5.11 Å². The topological polar surface area (TPSA) is 40.5 Å². The molecule has 1 N–H and O–H groups in total. The van der Waals surface area contributed by atoms with E-state index in [1.165, 1.54) is 9.80 Å². The summed E-state index contributed by atoms with van der Waals surface area (Å²) in [5.74, 6) is 0. The number of hydrogen-bond donors (Lipinski definition) is 1. The van der Waals surface area contributed by atoms with E-state index in [0.29, 0.717) is 11.8 Å². The molecule has 0 saturated carbocycles. The minimum atomic E-state index is -0.802. The molecule has 0 bridgehead atoms.